The third kappa shape index (κ3) is 3.69. The Bertz CT molecular complexity index is 391. The van der Waals surface area contributed by atoms with Crippen molar-refractivity contribution in [2.45, 2.75) is 64.8 Å². The molecule has 0 aromatic carbocycles. The fraction of sp³-hybridized carbons (Fsp3) is 0.875. The molecule has 5 heteroatoms. The van der Waals surface area contributed by atoms with Crippen LogP contribution in [0.25, 0.3) is 0 Å². The molecule has 1 saturated heterocycles. The Labute approximate surface area is 127 Å². The molecule has 21 heavy (non-hydrogen) atoms. The summed E-state index contributed by atoms with van der Waals surface area (Å²) in [6, 6.07) is -0.0212. The van der Waals surface area contributed by atoms with Gasteiger partial charge in [0.15, 0.2) is 0 Å². The highest BCUT2D eigenvalue weighted by Gasteiger charge is 2.35. The van der Waals surface area contributed by atoms with E-state index < -0.39 is 5.97 Å². The zero-order valence-electron chi connectivity index (χ0n) is 13.2. The number of amides is 2. The summed E-state index contributed by atoms with van der Waals surface area (Å²) in [5.41, 5.74) is 0.290. The van der Waals surface area contributed by atoms with E-state index in [1.54, 1.807) is 4.90 Å². The van der Waals surface area contributed by atoms with Crippen molar-refractivity contribution in [3.63, 3.8) is 0 Å². The average molecular weight is 296 g/mol. The number of urea groups is 1. The van der Waals surface area contributed by atoms with Crippen LogP contribution in [0.1, 0.15) is 58.8 Å². The highest BCUT2D eigenvalue weighted by atomic mass is 16.4. The van der Waals surface area contributed by atoms with Crippen LogP contribution in [-0.2, 0) is 4.79 Å². The van der Waals surface area contributed by atoms with Gasteiger partial charge >= 0.3 is 12.0 Å². The molecule has 120 valence electrons. The van der Waals surface area contributed by atoms with Crippen LogP contribution in [0.5, 0.6) is 0 Å². The summed E-state index contributed by atoms with van der Waals surface area (Å²) in [5, 5.41) is 12.2. The first-order valence-corrected chi connectivity index (χ1v) is 8.25. The number of carboxylic acids is 1. The minimum atomic E-state index is -0.738. The Hall–Kier alpha value is -1.26. The Morgan fingerprint density at radius 3 is 2.52 bits per heavy atom. The summed E-state index contributed by atoms with van der Waals surface area (Å²) in [6.45, 7) is 5.45. The van der Waals surface area contributed by atoms with Gasteiger partial charge in [-0.2, -0.15) is 0 Å². The number of rotatable bonds is 4. The maximum Gasteiger partial charge on any atom is 0.317 e. The van der Waals surface area contributed by atoms with Gasteiger partial charge in [0.1, 0.15) is 0 Å². The molecule has 1 heterocycles. The molecular formula is C16H28N2O3. The van der Waals surface area contributed by atoms with E-state index in [0.29, 0.717) is 19.4 Å². The largest absolute Gasteiger partial charge is 0.481 e. The van der Waals surface area contributed by atoms with E-state index >= 15 is 0 Å². The molecule has 2 N–H and O–H groups in total. The quantitative estimate of drug-likeness (QED) is 0.838. The van der Waals surface area contributed by atoms with Gasteiger partial charge in [-0.25, -0.2) is 4.79 Å². The standard InChI is InChI=1S/C16H28N2O3/c1-3-16(7-4-5-8-16)11-17-15(21)18-9-6-13(14(19)20)10-12(18)2/h12-13H,3-11H2,1-2H3,(H,17,21)(H,19,20). The van der Waals surface area contributed by atoms with E-state index in [-0.39, 0.29) is 23.4 Å². The normalized spacial score (nSPS) is 28.4. The van der Waals surface area contributed by atoms with E-state index in [9.17, 15) is 9.59 Å². The van der Waals surface area contributed by atoms with Gasteiger partial charge < -0.3 is 15.3 Å². The number of carboxylic acid groups (broad SMARTS) is 1. The second kappa shape index (κ2) is 6.67. The number of aliphatic carboxylic acids is 1. The predicted octanol–water partition coefficient (Wildman–Crippen LogP) is 2.85. The molecule has 2 fully saturated rings. The van der Waals surface area contributed by atoms with Crippen molar-refractivity contribution < 1.29 is 14.7 Å². The lowest BCUT2D eigenvalue weighted by atomic mass is 9.83. The van der Waals surface area contributed by atoms with Crippen LogP contribution in [0.3, 0.4) is 0 Å². The second-order valence-corrected chi connectivity index (χ2v) is 6.82. The van der Waals surface area contributed by atoms with E-state index in [4.69, 9.17) is 5.11 Å². The highest BCUT2D eigenvalue weighted by molar-refractivity contribution is 5.75. The maximum atomic E-state index is 12.4. The Morgan fingerprint density at radius 2 is 2.00 bits per heavy atom. The van der Waals surface area contributed by atoms with Crippen molar-refractivity contribution in [3.8, 4) is 0 Å². The van der Waals surface area contributed by atoms with Crippen LogP contribution in [0.15, 0.2) is 0 Å². The van der Waals surface area contributed by atoms with Crippen LogP contribution >= 0.6 is 0 Å². The number of nitrogens with zero attached hydrogens (tertiary/aromatic N) is 1. The molecule has 2 unspecified atom stereocenters. The number of hydrogen-bond acceptors (Lipinski definition) is 2. The lowest BCUT2D eigenvalue weighted by Crippen LogP contribution is -2.51. The lowest BCUT2D eigenvalue weighted by Gasteiger charge is -2.37. The van der Waals surface area contributed by atoms with E-state index in [1.165, 1.54) is 25.7 Å². The van der Waals surface area contributed by atoms with Gasteiger partial charge in [-0.3, -0.25) is 4.79 Å². The third-order valence-electron chi connectivity index (χ3n) is 5.52. The van der Waals surface area contributed by atoms with Crippen LogP contribution in [0.2, 0.25) is 0 Å². The van der Waals surface area contributed by atoms with E-state index in [2.05, 4.69) is 12.2 Å². The van der Waals surface area contributed by atoms with Crippen molar-refractivity contribution in [2.75, 3.05) is 13.1 Å². The molecule has 5 nitrogen and oxygen atoms in total. The predicted molar refractivity (Wildman–Crippen MR) is 81.1 cm³/mol. The number of carbonyl (C=O) groups is 2. The van der Waals surface area contributed by atoms with Crippen LogP contribution in [-0.4, -0.2) is 41.1 Å². The van der Waals surface area contributed by atoms with Gasteiger partial charge in [-0.15, -0.1) is 0 Å². The van der Waals surface area contributed by atoms with Crippen LogP contribution in [0.4, 0.5) is 4.79 Å². The summed E-state index contributed by atoms with van der Waals surface area (Å²) in [6.07, 6.45) is 7.19. The van der Waals surface area contributed by atoms with Crippen LogP contribution in [0, 0.1) is 11.3 Å². The van der Waals surface area contributed by atoms with Crippen molar-refractivity contribution >= 4 is 12.0 Å². The van der Waals surface area contributed by atoms with Crippen molar-refractivity contribution in [1.82, 2.24) is 10.2 Å². The molecule has 2 atom stereocenters. The summed E-state index contributed by atoms with van der Waals surface area (Å²) >= 11 is 0. The number of hydrogen-bond donors (Lipinski definition) is 2. The molecule has 0 radical (unpaired) electrons. The first-order valence-electron chi connectivity index (χ1n) is 8.25. The molecule has 2 rings (SSSR count). The Morgan fingerprint density at radius 1 is 1.33 bits per heavy atom. The van der Waals surface area contributed by atoms with Gasteiger partial charge in [-0.05, 0) is 44.4 Å². The number of nitrogens with one attached hydrogen (secondary N) is 1. The smallest absolute Gasteiger partial charge is 0.317 e. The summed E-state index contributed by atoms with van der Waals surface area (Å²) in [4.78, 5) is 25.2. The molecule has 0 bridgehead atoms. The zero-order valence-corrected chi connectivity index (χ0v) is 13.2. The molecule has 2 amide bonds. The van der Waals surface area contributed by atoms with Gasteiger partial charge in [0.2, 0.25) is 0 Å². The molecule has 1 aliphatic carbocycles. The first-order chi connectivity index (χ1) is 9.97. The summed E-state index contributed by atoms with van der Waals surface area (Å²) in [5.74, 6) is -1.04. The first kappa shape index (κ1) is 16.1. The Balaban J connectivity index is 1.85. The number of piperidine rings is 1. The molecule has 2 aliphatic rings. The molecule has 0 spiro atoms. The second-order valence-electron chi connectivity index (χ2n) is 6.82. The Kier molecular flexibility index (Phi) is 5.12. The van der Waals surface area contributed by atoms with Gasteiger partial charge in [0.05, 0.1) is 5.92 Å². The van der Waals surface area contributed by atoms with E-state index in [0.717, 1.165) is 13.0 Å². The number of likely N-dealkylation sites (tertiary alicyclic amines) is 1. The van der Waals surface area contributed by atoms with Crippen LogP contribution < -0.4 is 5.32 Å². The molecule has 0 aromatic rings. The molecule has 1 saturated carbocycles. The summed E-state index contributed by atoms with van der Waals surface area (Å²) in [7, 11) is 0. The van der Waals surface area contributed by atoms with Crippen molar-refractivity contribution in [3.05, 3.63) is 0 Å². The monoisotopic (exact) mass is 296 g/mol. The molecular weight excluding hydrogens is 268 g/mol. The third-order valence-corrected chi connectivity index (χ3v) is 5.52. The topological polar surface area (TPSA) is 69.6 Å². The fourth-order valence-corrected chi connectivity index (χ4v) is 3.84. The zero-order chi connectivity index (χ0) is 15.5. The minimum Gasteiger partial charge on any atom is -0.481 e. The maximum absolute atomic E-state index is 12.4. The SMILES string of the molecule is CCC1(CNC(=O)N2CCC(C(=O)O)CC2C)CCCC1. The number of carbonyl (C=O) groups excluding carboxylic acids is 1. The van der Waals surface area contributed by atoms with Gasteiger partial charge in [0.25, 0.3) is 0 Å². The molecule has 1 aliphatic heterocycles. The van der Waals surface area contributed by atoms with Crippen molar-refractivity contribution in [1.29, 1.82) is 0 Å². The highest BCUT2D eigenvalue weighted by Crippen LogP contribution is 2.40. The van der Waals surface area contributed by atoms with Crippen molar-refractivity contribution in [2.24, 2.45) is 11.3 Å². The van der Waals surface area contributed by atoms with Gasteiger partial charge in [0, 0.05) is 19.1 Å². The average Bonchev–Trinajstić information content (AvgIpc) is 2.94. The fourth-order valence-electron chi connectivity index (χ4n) is 3.84. The van der Waals surface area contributed by atoms with E-state index in [1.807, 2.05) is 6.92 Å². The minimum absolute atomic E-state index is 0.000930. The lowest BCUT2D eigenvalue weighted by molar-refractivity contribution is -0.143. The molecule has 0 aromatic heterocycles. The van der Waals surface area contributed by atoms with Gasteiger partial charge in [-0.1, -0.05) is 19.8 Å². The summed E-state index contributed by atoms with van der Waals surface area (Å²) < 4.78 is 0.